The topological polar surface area (TPSA) is 84.3 Å². The number of carboxylic acid groups (broad SMARTS) is 1. The summed E-state index contributed by atoms with van der Waals surface area (Å²) in [6.07, 6.45) is 3.05. The molecule has 0 radical (unpaired) electrons. The molecule has 1 aromatic heterocycles. The third-order valence-corrected chi connectivity index (χ3v) is 4.72. The SMILES string of the molecule is O=C(O)c1ccc(S(=O)(=O)Cc2cncc(Br)c2)cc1. The van der Waals surface area contributed by atoms with E-state index in [1.54, 1.807) is 12.3 Å². The maximum absolute atomic E-state index is 12.2. The number of aromatic carboxylic acids is 1. The summed E-state index contributed by atoms with van der Waals surface area (Å²) < 4.78 is 25.1. The minimum Gasteiger partial charge on any atom is -0.478 e. The lowest BCUT2D eigenvalue weighted by Crippen LogP contribution is -2.06. The van der Waals surface area contributed by atoms with E-state index >= 15 is 0 Å². The predicted octanol–water partition coefficient (Wildman–Crippen LogP) is 2.52. The zero-order valence-corrected chi connectivity index (χ0v) is 12.6. The van der Waals surface area contributed by atoms with Crippen LogP contribution < -0.4 is 0 Å². The largest absolute Gasteiger partial charge is 0.478 e. The summed E-state index contributed by atoms with van der Waals surface area (Å²) >= 11 is 3.23. The number of hydrogen-bond donors (Lipinski definition) is 1. The number of rotatable bonds is 4. The molecule has 0 aliphatic heterocycles. The minimum absolute atomic E-state index is 0.0491. The fourth-order valence-electron chi connectivity index (χ4n) is 1.64. The van der Waals surface area contributed by atoms with Gasteiger partial charge in [-0.1, -0.05) is 0 Å². The van der Waals surface area contributed by atoms with Gasteiger partial charge in [0.05, 0.1) is 16.2 Å². The third kappa shape index (κ3) is 3.43. The van der Waals surface area contributed by atoms with Crippen LogP contribution >= 0.6 is 15.9 Å². The van der Waals surface area contributed by atoms with E-state index in [-0.39, 0.29) is 16.2 Å². The Kier molecular flexibility index (Phi) is 4.20. The van der Waals surface area contributed by atoms with E-state index in [4.69, 9.17) is 5.11 Å². The van der Waals surface area contributed by atoms with Gasteiger partial charge in [0.2, 0.25) is 0 Å². The van der Waals surface area contributed by atoms with E-state index in [1.165, 1.54) is 30.5 Å². The van der Waals surface area contributed by atoms with E-state index in [0.29, 0.717) is 10.0 Å². The second-order valence-corrected chi connectivity index (χ2v) is 7.01. The molecule has 1 heterocycles. The summed E-state index contributed by atoms with van der Waals surface area (Å²) in [5.41, 5.74) is 0.606. The number of aromatic nitrogens is 1. The molecule has 20 heavy (non-hydrogen) atoms. The zero-order chi connectivity index (χ0) is 14.8. The molecule has 1 N–H and O–H groups in total. The Morgan fingerprint density at radius 3 is 2.40 bits per heavy atom. The van der Waals surface area contributed by atoms with Crippen LogP contribution in [0.4, 0.5) is 0 Å². The molecular formula is C13H10BrNO4S. The minimum atomic E-state index is -3.53. The Labute approximate surface area is 124 Å². The van der Waals surface area contributed by atoms with Crippen molar-refractivity contribution in [2.45, 2.75) is 10.6 Å². The molecule has 104 valence electrons. The van der Waals surface area contributed by atoms with Gasteiger partial charge in [0, 0.05) is 16.9 Å². The highest BCUT2D eigenvalue weighted by Gasteiger charge is 2.16. The maximum Gasteiger partial charge on any atom is 0.335 e. The molecular weight excluding hydrogens is 346 g/mol. The number of pyridine rings is 1. The van der Waals surface area contributed by atoms with Gasteiger partial charge in [-0.3, -0.25) is 4.98 Å². The smallest absolute Gasteiger partial charge is 0.335 e. The van der Waals surface area contributed by atoms with Crippen molar-refractivity contribution in [1.29, 1.82) is 0 Å². The first-order valence-electron chi connectivity index (χ1n) is 5.54. The van der Waals surface area contributed by atoms with Crippen LogP contribution in [0.3, 0.4) is 0 Å². The number of carbonyl (C=O) groups is 1. The molecule has 1 aromatic carbocycles. The van der Waals surface area contributed by atoms with Gasteiger partial charge in [-0.2, -0.15) is 0 Å². The summed E-state index contributed by atoms with van der Waals surface area (Å²) in [5.74, 6) is -1.28. The van der Waals surface area contributed by atoms with Crippen LogP contribution in [-0.2, 0) is 15.6 Å². The number of hydrogen-bond acceptors (Lipinski definition) is 4. The predicted molar refractivity (Wildman–Crippen MR) is 76.2 cm³/mol. The van der Waals surface area contributed by atoms with E-state index in [1.807, 2.05) is 0 Å². The van der Waals surface area contributed by atoms with Crippen molar-refractivity contribution in [3.8, 4) is 0 Å². The first-order valence-corrected chi connectivity index (χ1v) is 7.98. The lowest BCUT2D eigenvalue weighted by Gasteiger charge is -2.05. The second kappa shape index (κ2) is 5.72. The maximum atomic E-state index is 12.2. The Hall–Kier alpha value is -1.73. The van der Waals surface area contributed by atoms with Crippen LogP contribution in [0.5, 0.6) is 0 Å². The molecule has 0 amide bonds. The quantitative estimate of drug-likeness (QED) is 0.910. The standard InChI is InChI=1S/C13H10BrNO4S/c14-11-5-9(6-15-7-11)8-20(18,19)12-3-1-10(2-4-12)13(16)17/h1-7H,8H2,(H,16,17). The fraction of sp³-hybridized carbons (Fsp3) is 0.0769. The molecule has 0 atom stereocenters. The van der Waals surface area contributed by atoms with Gasteiger partial charge in [0.15, 0.2) is 9.84 Å². The number of carboxylic acids is 1. The van der Waals surface area contributed by atoms with Crippen molar-refractivity contribution in [2.75, 3.05) is 0 Å². The van der Waals surface area contributed by atoms with Gasteiger partial charge < -0.3 is 5.11 Å². The van der Waals surface area contributed by atoms with E-state index in [9.17, 15) is 13.2 Å². The molecule has 0 saturated heterocycles. The molecule has 7 heteroatoms. The summed E-state index contributed by atoms with van der Waals surface area (Å²) in [7, 11) is -3.53. The van der Waals surface area contributed by atoms with E-state index in [2.05, 4.69) is 20.9 Å². The second-order valence-electron chi connectivity index (χ2n) is 4.10. The first kappa shape index (κ1) is 14.7. The van der Waals surface area contributed by atoms with Crippen molar-refractivity contribution in [3.05, 3.63) is 58.3 Å². The van der Waals surface area contributed by atoms with E-state index in [0.717, 1.165) is 0 Å². The van der Waals surface area contributed by atoms with Crippen LogP contribution in [0.25, 0.3) is 0 Å². The van der Waals surface area contributed by atoms with Crippen molar-refractivity contribution in [2.24, 2.45) is 0 Å². The van der Waals surface area contributed by atoms with Crippen LogP contribution in [0.2, 0.25) is 0 Å². The molecule has 0 spiro atoms. The van der Waals surface area contributed by atoms with Gasteiger partial charge in [-0.25, -0.2) is 13.2 Å². The van der Waals surface area contributed by atoms with Gasteiger partial charge in [0.25, 0.3) is 0 Å². The van der Waals surface area contributed by atoms with Gasteiger partial charge in [-0.05, 0) is 51.8 Å². The molecule has 2 rings (SSSR count). The lowest BCUT2D eigenvalue weighted by molar-refractivity contribution is 0.0696. The highest BCUT2D eigenvalue weighted by Crippen LogP contribution is 2.18. The number of benzene rings is 1. The zero-order valence-electron chi connectivity index (χ0n) is 10.2. The summed E-state index contributed by atoms with van der Waals surface area (Å²) in [6, 6.07) is 6.81. The number of nitrogens with zero attached hydrogens (tertiary/aromatic N) is 1. The molecule has 0 aliphatic rings. The highest BCUT2D eigenvalue weighted by atomic mass is 79.9. The van der Waals surface area contributed by atoms with Crippen molar-refractivity contribution >= 4 is 31.7 Å². The average Bonchev–Trinajstić information content (AvgIpc) is 2.38. The third-order valence-electron chi connectivity index (χ3n) is 2.58. The normalized spacial score (nSPS) is 11.2. The molecule has 0 saturated carbocycles. The molecule has 0 unspecified atom stereocenters. The Morgan fingerprint density at radius 2 is 1.85 bits per heavy atom. The van der Waals surface area contributed by atoms with Gasteiger partial charge in [0.1, 0.15) is 0 Å². The van der Waals surface area contributed by atoms with Crippen LogP contribution in [0.1, 0.15) is 15.9 Å². The Morgan fingerprint density at radius 1 is 1.20 bits per heavy atom. The number of halogens is 1. The molecule has 0 bridgehead atoms. The van der Waals surface area contributed by atoms with Crippen molar-refractivity contribution in [3.63, 3.8) is 0 Å². The monoisotopic (exact) mass is 355 g/mol. The first-order chi connectivity index (χ1) is 9.38. The molecule has 5 nitrogen and oxygen atoms in total. The molecule has 0 fully saturated rings. The lowest BCUT2D eigenvalue weighted by atomic mass is 10.2. The van der Waals surface area contributed by atoms with E-state index < -0.39 is 15.8 Å². The fourth-order valence-corrected chi connectivity index (χ4v) is 3.37. The van der Waals surface area contributed by atoms with Crippen molar-refractivity contribution < 1.29 is 18.3 Å². The average molecular weight is 356 g/mol. The summed E-state index contributed by atoms with van der Waals surface area (Å²) in [5, 5.41) is 8.78. The van der Waals surface area contributed by atoms with Gasteiger partial charge in [-0.15, -0.1) is 0 Å². The Balaban J connectivity index is 2.28. The van der Waals surface area contributed by atoms with Crippen molar-refractivity contribution in [1.82, 2.24) is 4.98 Å². The van der Waals surface area contributed by atoms with Crippen LogP contribution in [0, 0.1) is 0 Å². The van der Waals surface area contributed by atoms with Crippen LogP contribution in [-0.4, -0.2) is 24.5 Å². The molecule has 0 aliphatic carbocycles. The van der Waals surface area contributed by atoms with Crippen LogP contribution in [0.15, 0.2) is 52.1 Å². The number of sulfone groups is 1. The molecule has 2 aromatic rings. The highest BCUT2D eigenvalue weighted by molar-refractivity contribution is 9.10. The summed E-state index contributed by atoms with van der Waals surface area (Å²) in [6.45, 7) is 0. The Bertz CT molecular complexity index is 741. The summed E-state index contributed by atoms with van der Waals surface area (Å²) in [4.78, 5) is 14.7. The van der Waals surface area contributed by atoms with Gasteiger partial charge >= 0.3 is 5.97 Å².